The van der Waals surface area contributed by atoms with Gasteiger partial charge in [-0.3, -0.25) is 9.69 Å². The highest BCUT2D eigenvalue weighted by atomic mass is 16.1. The van der Waals surface area contributed by atoms with Crippen molar-refractivity contribution in [3.63, 3.8) is 0 Å². The summed E-state index contributed by atoms with van der Waals surface area (Å²) in [5.74, 6) is 1.06. The maximum atomic E-state index is 11.8. The van der Waals surface area contributed by atoms with Crippen molar-refractivity contribution in [1.82, 2.24) is 4.90 Å². The van der Waals surface area contributed by atoms with Crippen molar-refractivity contribution in [2.45, 2.75) is 26.7 Å². The summed E-state index contributed by atoms with van der Waals surface area (Å²) in [6.45, 7) is 9.58. The first-order valence-electron chi connectivity index (χ1n) is 8.50. The lowest BCUT2D eigenvalue weighted by molar-refractivity contribution is -0.118. The van der Waals surface area contributed by atoms with E-state index in [9.17, 15) is 4.79 Å². The molecule has 1 aromatic rings. The minimum atomic E-state index is 0.00891. The number of piperazine rings is 1. The highest BCUT2D eigenvalue weighted by Crippen LogP contribution is 2.30. The maximum absolute atomic E-state index is 11.8. The van der Waals surface area contributed by atoms with Gasteiger partial charge in [-0.2, -0.15) is 0 Å². The number of rotatable bonds is 5. The largest absolute Gasteiger partial charge is 0.369 e. The molecule has 0 bridgehead atoms. The third kappa shape index (κ3) is 4.01. The molecule has 1 aromatic carbocycles. The van der Waals surface area contributed by atoms with E-state index in [1.165, 1.54) is 25.1 Å². The standard InChI is InChI=1S/C18H27N3O/c1-14(2)18(22)19-16-4-3-5-17(12-16)21-10-8-20(9-11-21)13-15-6-7-15/h3-5,12,14-15H,6-11,13H2,1-2H3,(H,19,22). The lowest BCUT2D eigenvalue weighted by atomic mass is 10.2. The predicted molar refractivity (Wildman–Crippen MR) is 91.3 cm³/mol. The monoisotopic (exact) mass is 301 g/mol. The summed E-state index contributed by atoms with van der Waals surface area (Å²) in [7, 11) is 0. The topological polar surface area (TPSA) is 35.6 Å². The van der Waals surface area contributed by atoms with Crippen LogP contribution in [0.25, 0.3) is 0 Å². The minimum absolute atomic E-state index is 0.00891. The molecule has 2 fully saturated rings. The van der Waals surface area contributed by atoms with E-state index in [1.807, 2.05) is 26.0 Å². The van der Waals surface area contributed by atoms with Crippen molar-refractivity contribution in [2.24, 2.45) is 11.8 Å². The molecule has 22 heavy (non-hydrogen) atoms. The highest BCUT2D eigenvalue weighted by Gasteiger charge is 2.26. The molecule has 1 amide bonds. The summed E-state index contributed by atoms with van der Waals surface area (Å²) in [6, 6.07) is 8.23. The Hall–Kier alpha value is -1.55. The third-order valence-corrected chi connectivity index (χ3v) is 4.59. The van der Waals surface area contributed by atoms with Crippen molar-refractivity contribution in [3.05, 3.63) is 24.3 Å². The molecule has 1 N–H and O–H groups in total. The van der Waals surface area contributed by atoms with Crippen LogP contribution in [0.3, 0.4) is 0 Å². The summed E-state index contributed by atoms with van der Waals surface area (Å²) in [5, 5.41) is 2.99. The van der Waals surface area contributed by atoms with Crippen LogP contribution in [0.2, 0.25) is 0 Å². The fraction of sp³-hybridized carbons (Fsp3) is 0.611. The Labute approximate surface area is 133 Å². The van der Waals surface area contributed by atoms with Crippen LogP contribution in [0.15, 0.2) is 24.3 Å². The van der Waals surface area contributed by atoms with Gasteiger partial charge in [-0.05, 0) is 37.0 Å². The van der Waals surface area contributed by atoms with E-state index in [4.69, 9.17) is 0 Å². The molecule has 0 spiro atoms. The van der Waals surface area contributed by atoms with E-state index in [1.54, 1.807) is 0 Å². The molecule has 1 aliphatic heterocycles. The molecule has 1 aliphatic carbocycles. The number of nitrogens with one attached hydrogen (secondary N) is 1. The lowest BCUT2D eigenvalue weighted by Gasteiger charge is -2.36. The average Bonchev–Trinajstić information content (AvgIpc) is 3.32. The molecule has 4 nitrogen and oxygen atoms in total. The highest BCUT2D eigenvalue weighted by molar-refractivity contribution is 5.92. The molecule has 0 atom stereocenters. The number of benzene rings is 1. The van der Waals surface area contributed by atoms with E-state index in [-0.39, 0.29) is 11.8 Å². The van der Waals surface area contributed by atoms with Crippen LogP contribution >= 0.6 is 0 Å². The second-order valence-electron chi connectivity index (χ2n) is 6.93. The smallest absolute Gasteiger partial charge is 0.226 e. The quantitative estimate of drug-likeness (QED) is 0.908. The normalized spacial score (nSPS) is 19.5. The van der Waals surface area contributed by atoms with Gasteiger partial charge in [0.25, 0.3) is 0 Å². The summed E-state index contributed by atoms with van der Waals surface area (Å²) >= 11 is 0. The zero-order valence-corrected chi connectivity index (χ0v) is 13.7. The van der Waals surface area contributed by atoms with Crippen molar-refractivity contribution >= 4 is 17.3 Å². The van der Waals surface area contributed by atoms with Crippen LogP contribution in [-0.4, -0.2) is 43.5 Å². The molecule has 1 saturated heterocycles. The van der Waals surface area contributed by atoms with Gasteiger partial charge in [0.1, 0.15) is 0 Å². The molecule has 2 aliphatic rings. The minimum Gasteiger partial charge on any atom is -0.369 e. The van der Waals surface area contributed by atoms with Crippen molar-refractivity contribution in [1.29, 1.82) is 0 Å². The molecule has 0 aromatic heterocycles. The Morgan fingerprint density at radius 2 is 1.95 bits per heavy atom. The van der Waals surface area contributed by atoms with Gasteiger partial charge in [-0.15, -0.1) is 0 Å². The second kappa shape index (κ2) is 6.69. The van der Waals surface area contributed by atoms with Crippen LogP contribution in [0, 0.1) is 11.8 Å². The fourth-order valence-electron chi connectivity index (χ4n) is 2.92. The number of carbonyl (C=O) groups excluding carboxylic acids is 1. The first-order chi connectivity index (χ1) is 10.6. The van der Waals surface area contributed by atoms with Gasteiger partial charge in [0.05, 0.1) is 0 Å². The summed E-state index contributed by atoms with van der Waals surface area (Å²) in [6.07, 6.45) is 2.86. The Morgan fingerprint density at radius 1 is 1.23 bits per heavy atom. The number of hydrogen-bond donors (Lipinski definition) is 1. The van der Waals surface area contributed by atoms with Crippen LogP contribution < -0.4 is 10.2 Å². The third-order valence-electron chi connectivity index (χ3n) is 4.59. The Kier molecular flexibility index (Phi) is 4.67. The zero-order chi connectivity index (χ0) is 15.5. The van der Waals surface area contributed by atoms with E-state index < -0.39 is 0 Å². The number of nitrogens with zero attached hydrogens (tertiary/aromatic N) is 2. The van der Waals surface area contributed by atoms with Gasteiger partial charge in [-0.25, -0.2) is 0 Å². The predicted octanol–water partition coefficient (Wildman–Crippen LogP) is 2.81. The molecule has 3 rings (SSSR count). The van der Waals surface area contributed by atoms with Crippen molar-refractivity contribution < 1.29 is 4.79 Å². The van der Waals surface area contributed by atoms with E-state index in [0.29, 0.717) is 0 Å². The molecule has 0 radical (unpaired) electrons. The molecular formula is C18H27N3O. The molecule has 4 heteroatoms. The average molecular weight is 301 g/mol. The molecule has 0 unspecified atom stereocenters. The Balaban J connectivity index is 1.56. The first kappa shape index (κ1) is 15.3. The zero-order valence-electron chi connectivity index (χ0n) is 13.7. The van der Waals surface area contributed by atoms with E-state index in [2.05, 4.69) is 27.2 Å². The van der Waals surface area contributed by atoms with Gasteiger partial charge < -0.3 is 10.2 Å². The van der Waals surface area contributed by atoms with Gasteiger partial charge in [0, 0.05) is 50.0 Å². The molecule has 1 saturated carbocycles. The number of anilines is 2. The SMILES string of the molecule is CC(C)C(=O)Nc1cccc(N2CCN(CC3CC3)CC2)c1. The molecule has 120 valence electrons. The fourth-order valence-corrected chi connectivity index (χ4v) is 2.92. The van der Waals surface area contributed by atoms with Gasteiger partial charge in [0.2, 0.25) is 5.91 Å². The Morgan fingerprint density at radius 3 is 2.59 bits per heavy atom. The van der Waals surface area contributed by atoms with Crippen LogP contribution in [-0.2, 0) is 4.79 Å². The maximum Gasteiger partial charge on any atom is 0.226 e. The van der Waals surface area contributed by atoms with Gasteiger partial charge >= 0.3 is 0 Å². The Bertz CT molecular complexity index is 517. The van der Waals surface area contributed by atoms with E-state index >= 15 is 0 Å². The molecule has 1 heterocycles. The lowest BCUT2D eigenvalue weighted by Crippen LogP contribution is -2.47. The van der Waals surface area contributed by atoms with Gasteiger partial charge in [0.15, 0.2) is 0 Å². The summed E-state index contributed by atoms with van der Waals surface area (Å²) < 4.78 is 0. The number of carbonyl (C=O) groups is 1. The summed E-state index contributed by atoms with van der Waals surface area (Å²) in [4.78, 5) is 16.8. The van der Waals surface area contributed by atoms with Crippen LogP contribution in [0.1, 0.15) is 26.7 Å². The van der Waals surface area contributed by atoms with Crippen molar-refractivity contribution in [2.75, 3.05) is 42.9 Å². The van der Waals surface area contributed by atoms with Gasteiger partial charge in [-0.1, -0.05) is 19.9 Å². The summed E-state index contributed by atoms with van der Waals surface area (Å²) in [5.41, 5.74) is 2.12. The van der Waals surface area contributed by atoms with Crippen LogP contribution in [0.5, 0.6) is 0 Å². The number of amides is 1. The van der Waals surface area contributed by atoms with Crippen LogP contribution in [0.4, 0.5) is 11.4 Å². The number of hydrogen-bond acceptors (Lipinski definition) is 3. The second-order valence-corrected chi connectivity index (χ2v) is 6.93. The first-order valence-corrected chi connectivity index (χ1v) is 8.50. The molecular weight excluding hydrogens is 274 g/mol. The van der Waals surface area contributed by atoms with Crippen molar-refractivity contribution in [3.8, 4) is 0 Å². The van der Waals surface area contributed by atoms with E-state index in [0.717, 1.165) is 37.8 Å².